The third-order valence-corrected chi connectivity index (χ3v) is 3.00. The molecule has 102 valence electrons. The lowest BCUT2D eigenvalue weighted by atomic mass is 10.0. The van der Waals surface area contributed by atoms with Gasteiger partial charge in [0.1, 0.15) is 5.60 Å². The Labute approximate surface area is 113 Å². The van der Waals surface area contributed by atoms with Gasteiger partial charge in [-0.3, -0.25) is 0 Å². The Balaban J connectivity index is 2.24. The van der Waals surface area contributed by atoms with Crippen LogP contribution >= 0.6 is 0 Å². The average Bonchev–Trinajstić information content (AvgIpc) is 2.90. The molecule has 0 bridgehead atoms. The van der Waals surface area contributed by atoms with Crippen LogP contribution < -0.4 is 5.32 Å². The van der Waals surface area contributed by atoms with E-state index in [9.17, 15) is 5.11 Å². The normalized spacial score (nSPS) is 14.3. The topological polar surface area (TPSA) is 63.0 Å². The van der Waals surface area contributed by atoms with Gasteiger partial charge in [-0.1, -0.05) is 30.3 Å². The zero-order chi connectivity index (χ0) is 13.7. The molecule has 1 atom stereocenters. The zero-order valence-corrected chi connectivity index (χ0v) is 11.4. The van der Waals surface area contributed by atoms with Crippen molar-refractivity contribution in [3.05, 3.63) is 42.2 Å². The Morgan fingerprint density at radius 1 is 1.32 bits per heavy atom. The molecule has 0 saturated carbocycles. The van der Waals surface area contributed by atoms with Crippen LogP contribution in [0.5, 0.6) is 0 Å². The minimum atomic E-state index is -1.01. The molecule has 0 radical (unpaired) electrons. The lowest BCUT2D eigenvalue weighted by Gasteiger charge is -2.24. The van der Waals surface area contributed by atoms with Crippen LogP contribution in [-0.4, -0.2) is 33.2 Å². The minimum absolute atomic E-state index is 0.473. The van der Waals surface area contributed by atoms with E-state index in [1.165, 1.54) is 0 Å². The molecule has 0 amide bonds. The van der Waals surface area contributed by atoms with Crippen LogP contribution in [0.4, 0.5) is 0 Å². The second-order valence-electron chi connectivity index (χ2n) is 4.82. The van der Waals surface area contributed by atoms with Crippen molar-refractivity contribution in [3.8, 4) is 5.69 Å². The summed E-state index contributed by atoms with van der Waals surface area (Å²) in [6, 6.07) is 9.69. The molecule has 1 aromatic heterocycles. The van der Waals surface area contributed by atoms with E-state index >= 15 is 0 Å². The first-order chi connectivity index (χ1) is 9.15. The van der Waals surface area contributed by atoms with Gasteiger partial charge in [-0.15, -0.1) is 5.10 Å². The van der Waals surface area contributed by atoms with Crippen LogP contribution in [0.25, 0.3) is 5.69 Å². The number of benzene rings is 1. The molecule has 0 aliphatic carbocycles. The van der Waals surface area contributed by atoms with Gasteiger partial charge in [-0.25, -0.2) is 4.68 Å². The van der Waals surface area contributed by atoms with E-state index in [0.717, 1.165) is 18.7 Å². The standard InChI is InChI=1S/C14H20N4O/c1-3-9-15-11-14(2,19)13-10-16-17-18(13)12-7-5-4-6-8-12/h4-8,10,15,19H,3,9,11H2,1-2H3. The molecular formula is C14H20N4O. The van der Waals surface area contributed by atoms with Crippen LogP contribution in [0.15, 0.2) is 36.5 Å². The molecule has 1 aromatic carbocycles. The number of aliphatic hydroxyl groups is 1. The van der Waals surface area contributed by atoms with Crippen molar-refractivity contribution < 1.29 is 5.11 Å². The largest absolute Gasteiger partial charge is 0.382 e. The SMILES string of the molecule is CCCNCC(C)(O)c1cnnn1-c1ccccc1. The maximum absolute atomic E-state index is 10.6. The summed E-state index contributed by atoms with van der Waals surface area (Å²) in [5, 5.41) is 21.8. The van der Waals surface area contributed by atoms with Gasteiger partial charge in [0.2, 0.25) is 0 Å². The van der Waals surface area contributed by atoms with Crippen molar-refractivity contribution in [3.63, 3.8) is 0 Å². The molecule has 0 aliphatic heterocycles. The Kier molecular flexibility index (Phi) is 4.29. The molecule has 19 heavy (non-hydrogen) atoms. The molecule has 5 heteroatoms. The average molecular weight is 260 g/mol. The highest BCUT2D eigenvalue weighted by atomic mass is 16.3. The van der Waals surface area contributed by atoms with Gasteiger partial charge in [0.25, 0.3) is 0 Å². The smallest absolute Gasteiger partial charge is 0.118 e. The number of hydrogen-bond acceptors (Lipinski definition) is 4. The van der Waals surface area contributed by atoms with E-state index in [1.54, 1.807) is 17.8 Å². The summed E-state index contributed by atoms with van der Waals surface area (Å²) in [6.07, 6.45) is 2.65. The number of rotatable bonds is 6. The third kappa shape index (κ3) is 3.19. The Morgan fingerprint density at radius 2 is 2.05 bits per heavy atom. The summed E-state index contributed by atoms with van der Waals surface area (Å²) in [7, 11) is 0. The molecule has 0 fully saturated rings. The van der Waals surface area contributed by atoms with Crippen molar-refractivity contribution in [2.75, 3.05) is 13.1 Å². The van der Waals surface area contributed by atoms with E-state index < -0.39 is 5.60 Å². The fourth-order valence-corrected chi connectivity index (χ4v) is 1.96. The number of hydrogen-bond donors (Lipinski definition) is 2. The molecule has 2 N–H and O–H groups in total. The second kappa shape index (κ2) is 5.95. The first kappa shape index (κ1) is 13.7. The predicted molar refractivity (Wildman–Crippen MR) is 74.1 cm³/mol. The highest BCUT2D eigenvalue weighted by Crippen LogP contribution is 2.21. The van der Waals surface area contributed by atoms with Crippen molar-refractivity contribution in [1.82, 2.24) is 20.3 Å². The molecule has 5 nitrogen and oxygen atoms in total. The summed E-state index contributed by atoms with van der Waals surface area (Å²) in [4.78, 5) is 0. The maximum atomic E-state index is 10.6. The van der Waals surface area contributed by atoms with Gasteiger partial charge >= 0.3 is 0 Å². The first-order valence-corrected chi connectivity index (χ1v) is 6.55. The van der Waals surface area contributed by atoms with E-state index in [1.807, 2.05) is 30.3 Å². The minimum Gasteiger partial charge on any atom is -0.382 e. The van der Waals surface area contributed by atoms with Crippen LogP contribution in [0.1, 0.15) is 26.0 Å². The van der Waals surface area contributed by atoms with Crippen LogP contribution in [0.2, 0.25) is 0 Å². The van der Waals surface area contributed by atoms with Gasteiger partial charge in [0.15, 0.2) is 0 Å². The van der Waals surface area contributed by atoms with E-state index in [4.69, 9.17) is 0 Å². The summed E-state index contributed by atoms with van der Waals surface area (Å²) >= 11 is 0. The van der Waals surface area contributed by atoms with Crippen molar-refractivity contribution in [2.45, 2.75) is 25.9 Å². The van der Waals surface area contributed by atoms with E-state index in [2.05, 4.69) is 22.6 Å². The van der Waals surface area contributed by atoms with Gasteiger partial charge in [-0.2, -0.15) is 0 Å². The Morgan fingerprint density at radius 3 is 2.74 bits per heavy atom. The van der Waals surface area contributed by atoms with Crippen LogP contribution in [-0.2, 0) is 5.60 Å². The van der Waals surface area contributed by atoms with Crippen molar-refractivity contribution >= 4 is 0 Å². The van der Waals surface area contributed by atoms with Crippen LogP contribution in [0, 0.1) is 0 Å². The lowest BCUT2D eigenvalue weighted by molar-refractivity contribution is 0.0502. The molecule has 2 aromatic rings. The number of nitrogens with zero attached hydrogens (tertiary/aromatic N) is 3. The quantitative estimate of drug-likeness (QED) is 0.772. The van der Waals surface area contributed by atoms with E-state index in [0.29, 0.717) is 12.2 Å². The molecule has 0 saturated heterocycles. The summed E-state index contributed by atoms with van der Waals surface area (Å²) < 4.78 is 1.67. The Hall–Kier alpha value is -1.72. The van der Waals surface area contributed by atoms with Gasteiger partial charge in [0, 0.05) is 6.54 Å². The molecule has 1 heterocycles. The van der Waals surface area contributed by atoms with E-state index in [-0.39, 0.29) is 0 Å². The molecular weight excluding hydrogens is 240 g/mol. The summed E-state index contributed by atoms with van der Waals surface area (Å²) in [6.45, 7) is 5.22. The zero-order valence-electron chi connectivity index (χ0n) is 11.4. The molecule has 2 rings (SSSR count). The number of nitrogens with one attached hydrogen (secondary N) is 1. The lowest BCUT2D eigenvalue weighted by Crippen LogP contribution is -2.37. The fraction of sp³-hybridized carbons (Fsp3) is 0.429. The van der Waals surface area contributed by atoms with Crippen molar-refractivity contribution in [1.29, 1.82) is 0 Å². The number of aromatic nitrogens is 3. The summed E-state index contributed by atoms with van der Waals surface area (Å²) in [5.74, 6) is 0. The maximum Gasteiger partial charge on any atom is 0.118 e. The van der Waals surface area contributed by atoms with Crippen molar-refractivity contribution in [2.24, 2.45) is 0 Å². The molecule has 0 aliphatic rings. The summed E-state index contributed by atoms with van der Waals surface area (Å²) in [5.41, 5.74) is 0.571. The third-order valence-electron chi connectivity index (χ3n) is 3.00. The fourth-order valence-electron chi connectivity index (χ4n) is 1.96. The predicted octanol–water partition coefficient (Wildman–Crippen LogP) is 1.47. The first-order valence-electron chi connectivity index (χ1n) is 6.55. The second-order valence-corrected chi connectivity index (χ2v) is 4.82. The highest BCUT2D eigenvalue weighted by Gasteiger charge is 2.28. The molecule has 0 spiro atoms. The Bertz CT molecular complexity index is 507. The highest BCUT2D eigenvalue weighted by molar-refractivity contribution is 5.32. The monoisotopic (exact) mass is 260 g/mol. The van der Waals surface area contributed by atoms with Gasteiger partial charge < -0.3 is 10.4 Å². The van der Waals surface area contributed by atoms with Crippen LogP contribution in [0.3, 0.4) is 0 Å². The molecule has 1 unspecified atom stereocenters. The van der Waals surface area contributed by atoms with Gasteiger partial charge in [-0.05, 0) is 32.0 Å². The van der Waals surface area contributed by atoms with Gasteiger partial charge in [0.05, 0.1) is 17.6 Å². The number of para-hydroxylation sites is 1.